The van der Waals surface area contributed by atoms with Crippen LogP contribution in [0.2, 0.25) is 0 Å². The second kappa shape index (κ2) is 13.3. The van der Waals surface area contributed by atoms with Gasteiger partial charge < -0.3 is 9.22 Å². The Labute approximate surface area is 133 Å². The van der Waals surface area contributed by atoms with E-state index < -0.39 is 0 Å². The molecule has 0 heterocycles. The van der Waals surface area contributed by atoms with E-state index in [-0.39, 0.29) is 5.97 Å². The van der Waals surface area contributed by atoms with Crippen molar-refractivity contribution in [3.05, 3.63) is 12.2 Å². The highest BCUT2D eigenvalue weighted by Gasteiger charge is 2.23. The number of carbonyl (C=O) groups excluding carboxylic acids is 1. The van der Waals surface area contributed by atoms with Crippen LogP contribution in [-0.4, -0.2) is 55.6 Å². The number of nitrogens with zero attached hydrogens (tertiary/aromatic N) is 1. The van der Waals surface area contributed by atoms with Gasteiger partial charge in [0, 0.05) is 12.2 Å². The maximum Gasteiger partial charge on any atom is 0.330 e. The molecule has 0 fully saturated rings. The Morgan fingerprint density at radius 2 is 1.57 bits per heavy atom. The molecular formula is C17H35NO2P+. The monoisotopic (exact) mass is 316 g/mol. The summed E-state index contributed by atoms with van der Waals surface area (Å²) >= 11 is 0. The second-order valence-electron chi connectivity index (χ2n) is 5.65. The average molecular weight is 316 g/mol. The molecule has 0 radical (unpaired) electrons. The molecule has 0 aromatic heterocycles. The number of ether oxygens (including phenoxy) is 1. The van der Waals surface area contributed by atoms with E-state index in [1.165, 1.54) is 62.2 Å². The lowest BCUT2D eigenvalue weighted by Gasteiger charge is -2.38. The molecule has 21 heavy (non-hydrogen) atoms. The molecule has 3 nitrogen and oxygen atoms in total. The zero-order chi connectivity index (χ0) is 16.0. The predicted molar refractivity (Wildman–Crippen MR) is 94.4 cm³/mol. The molecule has 0 aromatic carbocycles. The first-order valence-corrected chi connectivity index (χ1v) is 9.90. The minimum absolute atomic E-state index is 0.213. The number of quaternary nitrogens is 1. The van der Waals surface area contributed by atoms with Gasteiger partial charge in [-0.1, -0.05) is 26.8 Å². The van der Waals surface area contributed by atoms with Crippen molar-refractivity contribution in [2.24, 2.45) is 0 Å². The van der Waals surface area contributed by atoms with E-state index >= 15 is 0 Å². The average Bonchev–Trinajstić information content (AvgIpc) is 2.44. The Balaban J connectivity index is 3.99. The van der Waals surface area contributed by atoms with E-state index in [2.05, 4.69) is 20.8 Å². The van der Waals surface area contributed by atoms with Crippen molar-refractivity contribution >= 4 is 14.6 Å². The van der Waals surface area contributed by atoms with Gasteiger partial charge in [-0.2, -0.15) is 0 Å². The number of carbonyl (C=O) groups is 1. The molecule has 0 rings (SSSR count). The van der Waals surface area contributed by atoms with Crippen LogP contribution in [0.4, 0.5) is 0 Å². The van der Waals surface area contributed by atoms with Gasteiger partial charge in [0.2, 0.25) is 0 Å². The summed E-state index contributed by atoms with van der Waals surface area (Å²) < 4.78 is 6.42. The molecule has 0 bridgehead atoms. The highest BCUT2D eigenvalue weighted by molar-refractivity contribution is 7.38. The summed E-state index contributed by atoms with van der Waals surface area (Å²) in [6, 6.07) is 0. The Hall–Kier alpha value is -0.400. The lowest BCUT2D eigenvalue weighted by atomic mass is 10.2. The Morgan fingerprint density at radius 3 is 2.05 bits per heavy atom. The van der Waals surface area contributed by atoms with E-state index in [1.807, 2.05) is 6.92 Å². The summed E-state index contributed by atoms with van der Waals surface area (Å²) in [4.78, 5) is 11.2. The molecule has 0 aliphatic carbocycles. The van der Waals surface area contributed by atoms with Crippen molar-refractivity contribution in [3.63, 3.8) is 0 Å². The van der Waals surface area contributed by atoms with Crippen molar-refractivity contribution < 1.29 is 14.0 Å². The number of rotatable bonds is 13. The Morgan fingerprint density at radius 1 is 1.00 bits per heavy atom. The quantitative estimate of drug-likeness (QED) is 0.170. The molecule has 124 valence electrons. The summed E-state index contributed by atoms with van der Waals surface area (Å²) in [5.41, 5.74) is 0. The van der Waals surface area contributed by atoms with Crippen LogP contribution < -0.4 is 0 Å². The van der Waals surface area contributed by atoms with Crippen molar-refractivity contribution in [2.75, 3.05) is 45.1 Å². The SMILES string of the molecule is CC=CC(=O)OCCPCC[N+](CCC)(CCC)CCC. The van der Waals surface area contributed by atoms with Gasteiger partial charge >= 0.3 is 5.97 Å². The van der Waals surface area contributed by atoms with E-state index in [9.17, 15) is 4.79 Å². The number of hydrogen-bond acceptors (Lipinski definition) is 2. The Bertz CT molecular complexity index is 275. The van der Waals surface area contributed by atoms with Crippen LogP contribution in [0, 0.1) is 0 Å². The van der Waals surface area contributed by atoms with Crippen LogP contribution in [0.5, 0.6) is 0 Å². The zero-order valence-electron chi connectivity index (χ0n) is 14.5. The highest BCUT2D eigenvalue weighted by atomic mass is 31.1. The third kappa shape index (κ3) is 10.0. The minimum Gasteiger partial charge on any atom is -0.462 e. The first-order chi connectivity index (χ1) is 10.1. The first-order valence-electron chi connectivity index (χ1n) is 8.49. The topological polar surface area (TPSA) is 26.3 Å². The van der Waals surface area contributed by atoms with E-state index in [0.29, 0.717) is 6.61 Å². The lowest BCUT2D eigenvalue weighted by molar-refractivity contribution is -0.926. The molecule has 0 spiro atoms. The van der Waals surface area contributed by atoms with E-state index in [4.69, 9.17) is 4.74 Å². The van der Waals surface area contributed by atoms with Crippen LogP contribution in [0.3, 0.4) is 0 Å². The largest absolute Gasteiger partial charge is 0.462 e. The summed E-state index contributed by atoms with van der Waals surface area (Å²) in [5, 5.41) is 0. The molecule has 0 saturated carbocycles. The van der Waals surface area contributed by atoms with Gasteiger partial charge in [-0.15, -0.1) is 8.58 Å². The van der Waals surface area contributed by atoms with Crippen molar-refractivity contribution in [3.8, 4) is 0 Å². The Kier molecular flexibility index (Phi) is 13.0. The first kappa shape index (κ1) is 20.6. The van der Waals surface area contributed by atoms with Gasteiger partial charge in [0.1, 0.15) is 0 Å². The van der Waals surface area contributed by atoms with Gasteiger partial charge in [-0.05, 0) is 32.3 Å². The fourth-order valence-electron chi connectivity index (χ4n) is 2.94. The maximum absolute atomic E-state index is 11.2. The van der Waals surface area contributed by atoms with Crippen LogP contribution in [0.15, 0.2) is 12.2 Å². The minimum atomic E-state index is -0.213. The van der Waals surface area contributed by atoms with Gasteiger partial charge in [0.15, 0.2) is 0 Å². The van der Waals surface area contributed by atoms with Crippen LogP contribution in [0.1, 0.15) is 47.0 Å². The van der Waals surface area contributed by atoms with Crippen molar-refractivity contribution in [1.82, 2.24) is 0 Å². The number of esters is 1. The van der Waals surface area contributed by atoms with Gasteiger partial charge in [-0.3, -0.25) is 0 Å². The summed E-state index contributed by atoms with van der Waals surface area (Å²) in [5.74, 6) is -0.213. The zero-order valence-corrected chi connectivity index (χ0v) is 15.5. The predicted octanol–water partition coefficient (Wildman–Crippen LogP) is 3.83. The van der Waals surface area contributed by atoms with Crippen LogP contribution >= 0.6 is 8.58 Å². The third-order valence-electron chi connectivity index (χ3n) is 3.68. The molecule has 0 aliphatic heterocycles. The summed E-state index contributed by atoms with van der Waals surface area (Å²) in [6.45, 7) is 14.5. The highest BCUT2D eigenvalue weighted by Crippen LogP contribution is 2.17. The van der Waals surface area contributed by atoms with Gasteiger partial charge in [0.25, 0.3) is 0 Å². The molecule has 0 aliphatic rings. The lowest BCUT2D eigenvalue weighted by Crippen LogP contribution is -2.51. The van der Waals surface area contributed by atoms with E-state index in [1.54, 1.807) is 6.08 Å². The normalized spacial score (nSPS) is 12.6. The number of allylic oxidation sites excluding steroid dienone is 1. The standard InChI is InChI=1S/C17H35NO2P/c1-5-9-17(19)20-14-16-21-15-13-18(10-6-2,11-7-3)12-8-4/h5,9,21H,6-8,10-16H2,1-4H3/q+1. The summed E-state index contributed by atoms with van der Waals surface area (Å²) in [6.07, 6.45) is 9.28. The third-order valence-corrected chi connectivity index (χ3v) is 4.82. The summed E-state index contributed by atoms with van der Waals surface area (Å²) in [7, 11) is 0.904. The molecule has 4 heteroatoms. The molecule has 1 atom stereocenters. The number of hydrogen-bond donors (Lipinski definition) is 0. The molecule has 1 unspecified atom stereocenters. The molecule has 0 N–H and O–H groups in total. The van der Waals surface area contributed by atoms with Crippen molar-refractivity contribution in [2.45, 2.75) is 47.0 Å². The van der Waals surface area contributed by atoms with Gasteiger partial charge in [-0.25, -0.2) is 4.79 Å². The molecular weight excluding hydrogens is 281 g/mol. The van der Waals surface area contributed by atoms with Crippen LogP contribution in [0.25, 0.3) is 0 Å². The fraction of sp³-hybridized carbons (Fsp3) is 0.824. The van der Waals surface area contributed by atoms with Gasteiger partial charge in [0.05, 0.1) is 32.8 Å². The second-order valence-corrected chi connectivity index (χ2v) is 7.15. The molecule has 0 aromatic rings. The van der Waals surface area contributed by atoms with Crippen molar-refractivity contribution in [1.29, 1.82) is 0 Å². The fourth-order valence-corrected chi connectivity index (χ4v) is 4.07. The van der Waals surface area contributed by atoms with Crippen LogP contribution in [-0.2, 0) is 9.53 Å². The molecule has 0 amide bonds. The molecule has 0 saturated heterocycles. The van der Waals surface area contributed by atoms with E-state index in [0.717, 1.165) is 14.7 Å². The maximum atomic E-state index is 11.2. The smallest absolute Gasteiger partial charge is 0.330 e.